The molecular weight excluding hydrogens is 324 g/mol. The molecule has 1 unspecified atom stereocenters. The van der Waals surface area contributed by atoms with E-state index in [0.29, 0.717) is 26.2 Å². The van der Waals surface area contributed by atoms with Gasteiger partial charge in [0.05, 0.1) is 6.04 Å². The summed E-state index contributed by atoms with van der Waals surface area (Å²) in [6, 6.07) is 2.40. The van der Waals surface area contributed by atoms with Crippen molar-refractivity contribution in [3.63, 3.8) is 0 Å². The number of nitrogens with one attached hydrogen (secondary N) is 2. The van der Waals surface area contributed by atoms with Gasteiger partial charge in [-0.2, -0.15) is 17.4 Å². The fourth-order valence-electron chi connectivity index (χ4n) is 2.55. The third-order valence-corrected chi connectivity index (χ3v) is 5.40. The summed E-state index contributed by atoms with van der Waals surface area (Å²) in [4.78, 5) is 0. The van der Waals surface area contributed by atoms with Gasteiger partial charge in [-0.3, -0.25) is 0 Å². The summed E-state index contributed by atoms with van der Waals surface area (Å²) in [5.74, 6) is -1.45. The van der Waals surface area contributed by atoms with Gasteiger partial charge in [-0.25, -0.2) is 8.78 Å². The highest BCUT2D eigenvalue weighted by Crippen LogP contribution is 2.35. The molecular formula is C15H23F2N3O2S. The first-order valence-corrected chi connectivity index (χ1v) is 8.98. The van der Waals surface area contributed by atoms with Crippen LogP contribution in [0, 0.1) is 17.0 Å². The second-order valence-electron chi connectivity index (χ2n) is 6.74. The smallest absolute Gasteiger partial charge is 0.280 e. The first kappa shape index (κ1) is 18.3. The normalized spacial score (nSPS) is 18.8. The van der Waals surface area contributed by atoms with E-state index in [-0.39, 0.29) is 5.56 Å². The lowest BCUT2D eigenvalue weighted by Gasteiger charge is -2.35. The van der Waals surface area contributed by atoms with E-state index in [1.54, 1.807) is 20.8 Å². The Bertz CT molecular complexity index is 653. The van der Waals surface area contributed by atoms with Crippen LogP contribution in [-0.4, -0.2) is 38.9 Å². The first-order valence-electron chi connectivity index (χ1n) is 7.54. The predicted molar refractivity (Wildman–Crippen MR) is 85.1 cm³/mol. The van der Waals surface area contributed by atoms with Crippen LogP contribution in [0.1, 0.15) is 32.4 Å². The summed E-state index contributed by atoms with van der Waals surface area (Å²) in [6.07, 6.45) is 0. The van der Waals surface area contributed by atoms with E-state index < -0.39 is 33.3 Å². The van der Waals surface area contributed by atoms with Gasteiger partial charge in [-0.1, -0.05) is 26.8 Å². The van der Waals surface area contributed by atoms with Crippen LogP contribution in [0.15, 0.2) is 18.2 Å². The summed E-state index contributed by atoms with van der Waals surface area (Å²) < 4.78 is 56.4. The zero-order valence-corrected chi connectivity index (χ0v) is 14.4. The Balaban J connectivity index is 2.32. The zero-order valence-electron chi connectivity index (χ0n) is 13.6. The van der Waals surface area contributed by atoms with Crippen LogP contribution >= 0.6 is 0 Å². The van der Waals surface area contributed by atoms with Crippen LogP contribution in [0.25, 0.3) is 0 Å². The van der Waals surface area contributed by atoms with E-state index in [1.165, 1.54) is 10.4 Å². The largest absolute Gasteiger partial charge is 0.314 e. The lowest BCUT2D eigenvalue weighted by molar-refractivity contribution is 0.283. The van der Waals surface area contributed by atoms with Gasteiger partial charge in [0.15, 0.2) is 0 Å². The SMILES string of the molecule is CC(C)(C)C(NS(=O)(=O)N1CCNCC1)c1ccc(F)cc1F. The van der Waals surface area contributed by atoms with Crippen LogP contribution in [0.2, 0.25) is 0 Å². The van der Waals surface area contributed by atoms with Crippen molar-refractivity contribution in [1.82, 2.24) is 14.3 Å². The number of benzene rings is 1. The Morgan fingerprint density at radius 1 is 1.22 bits per heavy atom. The van der Waals surface area contributed by atoms with E-state index in [9.17, 15) is 17.2 Å². The number of halogens is 2. The first-order chi connectivity index (χ1) is 10.6. The van der Waals surface area contributed by atoms with Crippen molar-refractivity contribution >= 4 is 10.2 Å². The molecule has 0 aliphatic carbocycles. The van der Waals surface area contributed by atoms with Crippen molar-refractivity contribution in [1.29, 1.82) is 0 Å². The standard InChI is InChI=1S/C15H23F2N3O2S/c1-15(2,3)14(12-5-4-11(16)10-13(12)17)19-23(21,22)20-8-6-18-7-9-20/h4-5,10,14,18-19H,6-9H2,1-3H3. The van der Waals surface area contributed by atoms with Crippen LogP contribution in [-0.2, 0) is 10.2 Å². The fourth-order valence-corrected chi connectivity index (χ4v) is 4.14. The zero-order chi connectivity index (χ0) is 17.3. The van der Waals surface area contributed by atoms with E-state index in [0.717, 1.165) is 12.1 Å². The molecule has 0 bridgehead atoms. The van der Waals surface area contributed by atoms with Crippen molar-refractivity contribution in [2.24, 2.45) is 5.41 Å². The highest BCUT2D eigenvalue weighted by molar-refractivity contribution is 7.87. The molecule has 130 valence electrons. The van der Waals surface area contributed by atoms with Crippen LogP contribution in [0.4, 0.5) is 8.78 Å². The Morgan fingerprint density at radius 3 is 2.35 bits per heavy atom. The van der Waals surface area contributed by atoms with Crippen molar-refractivity contribution in [3.05, 3.63) is 35.4 Å². The molecule has 1 aromatic carbocycles. The molecule has 0 saturated carbocycles. The second kappa shape index (κ2) is 6.80. The van der Waals surface area contributed by atoms with Crippen LogP contribution in [0.5, 0.6) is 0 Å². The highest BCUT2D eigenvalue weighted by atomic mass is 32.2. The summed E-state index contributed by atoms with van der Waals surface area (Å²) in [6.45, 7) is 7.29. The summed E-state index contributed by atoms with van der Waals surface area (Å²) in [7, 11) is -3.76. The average molecular weight is 347 g/mol. The summed E-state index contributed by atoms with van der Waals surface area (Å²) in [5, 5.41) is 3.08. The maximum Gasteiger partial charge on any atom is 0.280 e. The molecule has 0 spiro atoms. The van der Waals surface area contributed by atoms with Gasteiger partial charge in [0.2, 0.25) is 0 Å². The molecule has 1 aliphatic heterocycles. The number of hydrogen-bond acceptors (Lipinski definition) is 3. The van der Waals surface area contributed by atoms with Crippen molar-refractivity contribution < 1.29 is 17.2 Å². The van der Waals surface area contributed by atoms with Gasteiger partial charge in [0.25, 0.3) is 10.2 Å². The van der Waals surface area contributed by atoms with Crippen LogP contribution in [0.3, 0.4) is 0 Å². The number of nitrogens with zero attached hydrogens (tertiary/aromatic N) is 1. The topological polar surface area (TPSA) is 61.4 Å². The molecule has 1 atom stereocenters. The third kappa shape index (κ3) is 4.47. The van der Waals surface area contributed by atoms with Gasteiger partial charge in [0, 0.05) is 37.8 Å². The second-order valence-corrected chi connectivity index (χ2v) is 8.44. The summed E-state index contributed by atoms with van der Waals surface area (Å²) >= 11 is 0. The molecule has 5 nitrogen and oxygen atoms in total. The molecule has 8 heteroatoms. The van der Waals surface area contributed by atoms with Crippen molar-refractivity contribution in [3.8, 4) is 0 Å². The molecule has 1 fully saturated rings. The van der Waals surface area contributed by atoms with Gasteiger partial charge >= 0.3 is 0 Å². The lowest BCUT2D eigenvalue weighted by atomic mass is 9.83. The lowest BCUT2D eigenvalue weighted by Crippen LogP contribution is -2.52. The van der Waals surface area contributed by atoms with Crippen molar-refractivity contribution in [2.45, 2.75) is 26.8 Å². The average Bonchev–Trinajstić information content (AvgIpc) is 2.45. The molecule has 2 rings (SSSR count). The Morgan fingerprint density at radius 2 is 1.83 bits per heavy atom. The van der Waals surface area contributed by atoms with Gasteiger partial charge in [0.1, 0.15) is 11.6 Å². The fraction of sp³-hybridized carbons (Fsp3) is 0.600. The van der Waals surface area contributed by atoms with E-state index >= 15 is 0 Å². The van der Waals surface area contributed by atoms with Gasteiger partial charge in [-0.15, -0.1) is 0 Å². The minimum Gasteiger partial charge on any atom is -0.314 e. The minimum atomic E-state index is -3.76. The molecule has 1 heterocycles. The molecule has 2 N–H and O–H groups in total. The molecule has 23 heavy (non-hydrogen) atoms. The van der Waals surface area contributed by atoms with Gasteiger partial charge < -0.3 is 5.32 Å². The van der Waals surface area contributed by atoms with E-state index in [1.807, 2.05) is 0 Å². The van der Waals surface area contributed by atoms with E-state index in [2.05, 4.69) is 10.0 Å². The number of piperazine rings is 1. The Hall–Kier alpha value is -1.09. The highest BCUT2D eigenvalue weighted by Gasteiger charge is 2.35. The van der Waals surface area contributed by atoms with E-state index in [4.69, 9.17) is 0 Å². The predicted octanol–water partition coefficient (Wildman–Crippen LogP) is 1.79. The maximum absolute atomic E-state index is 14.1. The third-order valence-electron chi connectivity index (χ3n) is 3.82. The Kier molecular flexibility index (Phi) is 5.40. The monoisotopic (exact) mass is 347 g/mol. The number of rotatable bonds is 4. The van der Waals surface area contributed by atoms with Gasteiger partial charge in [-0.05, 0) is 11.5 Å². The maximum atomic E-state index is 14.1. The van der Waals surface area contributed by atoms with Crippen molar-refractivity contribution in [2.75, 3.05) is 26.2 Å². The molecule has 1 saturated heterocycles. The quantitative estimate of drug-likeness (QED) is 0.873. The molecule has 1 aromatic rings. The minimum absolute atomic E-state index is 0.137. The summed E-state index contributed by atoms with van der Waals surface area (Å²) in [5.41, 5.74) is -0.447. The number of hydrogen-bond donors (Lipinski definition) is 2. The molecule has 0 radical (unpaired) electrons. The molecule has 0 aromatic heterocycles. The molecule has 0 amide bonds. The van der Waals surface area contributed by atoms with Crippen LogP contribution < -0.4 is 10.0 Å². The molecule has 1 aliphatic rings. The Labute approximate surface area is 136 Å².